The number of rotatable bonds is 5. The van der Waals surface area contributed by atoms with E-state index in [1.54, 1.807) is 0 Å². The monoisotopic (exact) mass is 294 g/mol. The summed E-state index contributed by atoms with van der Waals surface area (Å²) in [6, 6.07) is 5.16. The van der Waals surface area contributed by atoms with Crippen LogP contribution in [0.15, 0.2) is 12.1 Å². The zero-order valence-electron chi connectivity index (χ0n) is 13.7. The van der Waals surface area contributed by atoms with Gasteiger partial charge in [-0.2, -0.15) is 0 Å². The van der Waals surface area contributed by atoms with Gasteiger partial charge in [-0.15, -0.1) is 11.3 Å². The molecule has 1 fully saturated rings. The molecule has 1 unspecified atom stereocenters. The molecule has 1 aromatic heterocycles. The van der Waals surface area contributed by atoms with E-state index in [0.29, 0.717) is 11.5 Å². The van der Waals surface area contributed by atoms with Crippen LogP contribution >= 0.6 is 11.3 Å². The van der Waals surface area contributed by atoms with E-state index in [9.17, 15) is 0 Å². The van der Waals surface area contributed by atoms with Gasteiger partial charge in [-0.25, -0.2) is 0 Å². The van der Waals surface area contributed by atoms with Crippen LogP contribution in [0.4, 0.5) is 0 Å². The van der Waals surface area contributed by atoms with Crippen LogP contribution in [-0.4, -0.2) is 24.0 Å². The Morgan fingerprint density at radius 3 is 2.60 bits per heavy atom. The third kappa shape index (κ3) is 4.57. The largest absolute Gasteiger partial charge is 0.310 e. The summed E-state index contributed by atoms with van der Waals surface area (Å²) in [5.41, 5.74) is 0.455. The van der Waals surface area contributed by atoms with Gasteiger partial charge < -0.3 is 5.32 Å². The summed E-state index contributed by atoms with van der Waals surface area (Å²) >= 11 is 1.97. The van der Waals surface area contributed by atoms with Crippen molar-refractivity contribution in [2.24, 2.45) is 11.3 Å². The van der Waals surface area contributed by atoms with Crippen molar-refractivity contribution < 1.29 is 0 Å². The lowest BCUT2D eigenvalue weighted by Crippen LogP contribution is -2.25. The molecule has 2 nitrogen and oxygen atoms in total. The molecule has 1 saturated heterocycles. The van der Waals surface area contributed by atoms with Crippen molar-refractivity contribution in [3.63, 3.8) is 0 Å². The summed E-state index contributed by atoms with van der Waals surface area (Å²) in [5.74, 6) is 0.851. The Balaban J connectivity index is 1.83. The minimum atomic E-state index is 0.455. The Hall–Kier alpha value is -0.380. The molecular weight excluding hydrogens is 264 g/mol. The maximum atomic E-state index is 3.49. The van der Waals surface area contributed by atoms with Gasteiger partial charge in [-0.05, 0) is 36.4 Å². The van der Waals surface area contributed by atoms with Gasteiger partial charge in [0.2, 0.25) is 0 Å². The second kappa shape index (κ2) is 6.59. The number of nitrogens with one attached hydrogen (secondary N) is 1. The molecule has 0 aromatic carbocycles. The predicted molar refractivity (Wildman–Crippen MR) is 89.1 cm³/mol. The summed E-state index contributed by atoms with van der Waals surface area (Å²) in [5, 5.41) is 3.49. The van der Waals surface area contributed by atoms with Crippen LogP contribution < -0.4 is 5.32 Å². The van der Waals surface area contributed by atoms with E-state index in [-0.39, 0.29) is 0 Å². The lowest BCUT2D eigenvalue weighted by Gasteiger charge is -2.27. The minimum Gasteiger partial charge on any atom is -0.310 e. The van der Waals surface area contributed by atoms with E-state index in [1.807, 2.05) is 11.3 Å². The molecule has 3 heteroatoms. The maximum Gasteiger partial charge on any atom is 0.0328 e. The first-order valence-corrected chi connectivity index (χ1v) is 8.69. The van der Waals surface area contributed by atoms with Gasteiger partial charge in [0.1, 0.15) is 0 Å². The smallest absolute Gasteiger partial charge is 0.0328 e. The Labute approximate surface area is 128 Å². The van der Waals surface area contributed by atoms with Gasteiger partial charge in [-0.3, -0.25) is 4.90 Å². The molecule has 0 spiro atoms. The molecule has 2 rings (SSSR count). The van der Waals surface area contributed by atoms with Crippen LogP contribution in [0.5, 0.6) is 0 Å². The molecular formula is C17H30N2S. The molecule has 1 aliphatic rings. The van der Waals surface area contributed by atoms with Crippen molar-refractivity contribution >= 4 is 11.3 Å². The molecule has 20 heavy (non-hydrogen) atoms. The highest BCUT2D eigenvalue weighted by atomic mass is 32.1. The van der Waals surface area contributed by atoms with E-state index in [4.69, 9.17) is 0 Å². The fraction of sp³-hybridized carbons (Fsp3) is 0.765. The second-order valence-corrected chi connectivity index (χ2v) is 8.74. The highest BCUT2D eigenvalue weighted by molar-refractivity contribution is 7.11. The van der Waals surface area contributed by atoms with E-state index in [0.717, 1.165) is 19.0 Å². The van der Waals surface area contributed by atoms with Crippen molar-refractivity contribution in [2.45, 2.75) is 60.2 Å². The molecule has 114 valence electrons. The van der Waals surface area contributed by atoms with Crippen LogP contribution in [0, 0.1) is 11.3 Å². The Morgan fingerprint density at radius 2 is 2.00 bits per heavy atom. The minimum absolute atomic E-state index is 0.455. The number of hydrogen-bond acceptors (Lipinski definition) is 3. The average Bonchev–Trinajstić information content (AvgIpc) is 2.95. The summed E-state index contributed by atoms with van der Waals surface area (Å²) in [4.78, 5) is 5.60. The first-order valence-electron chi connectivity index (χ1n) is 7.88. The molecule has 0 aliphatic carbocycles. The topological polar surface area (TPSA) is 15.3 Å². The molecule has 2 heterocycles. The first kappa shape index (κ1) is 16.0. The molecule has 1 N–H and O–H groups in total. The molecule has 0 saturated carbocycles. The van der Waals surface area contributed by atoms with Crippen LogP contribution in [0.1, 0.15) is 50.8 Å². The average molecular weight is 295 g/mol. The lowest BCUT2D eigenvalue weighted by molar-refractivity contribution is 0.227. The van der Waals surface area contributed by atoms with Crippen LogP contribution in [-0.2, 0) is 13.1 Å². The van der Waals surface area contributed by atoms with Crippen molar-refractivity contribution in [3.05, 3.63) is 21.9 Å². The highest BCUT2D eigenvalue weighted by Crippen LogP contribution is 2.34. The summed E-state index contributed by atoms with van der Waals surface area (Å²) in [6.45, 7) is 16.2. The van der Waals surface area contributed by atoms with Crippen LogP contribution in [0.2, 0.25) is 0 Å². The first-order chi connectivity index (χ1) is 9.34. The van der Waals surface area contributed by atoms with Gasteiger partial charge in [0, 0.05) is 35.4 Å². The fourth-order valence-electron chi connectivity index (χ4n) is 2.81. The van der Waals surface area contributed by atoms with E-state index in [2.05, 4.69) is 57.0 Å². The van der Waals surface area contributed by atoms with E-state index >= 15 is 0 Å². The Kier molecular flexibility index (Phi) is 5.27. The Morgan fingerprint density at radius 1 is 1.30 bits per heavy atom. The summed E-state index contributed by atoms with van der Waals surface area (Å²) in [7, 11) is 0. The van der Waals surface area contributed by atoms with Crippen LogP contribution in [0.3, 0.4) is 0 Å². The highest BCUT2D eigenvalue weighted by Gasteiger charge is 2.31. The van der Waals surface area contributed by atoms with Crippen molar-refractivity contribution in [1.82, 2.24) is 10.2 Å². The zero-order chi connectivity index (χ0) is 14.8. The maximum absolute atomic E-state index is 3.49. The zero-order valence-corrected chi connectivity index (χ0v) is 14.5. The SMILES string of the molecule is CC(C)NCc1ccc(CN2CCC(C(C)(C)C)C2)s1. The Bertz CT molecular complexity index is 417. The molecule has 1 aromatic rings. The molecule has 1 atom stereocenters. The van der Waals surface area contributed by atoms with Gasteiger partial charge in [0.25, 0.3) is 0 Å². The number of thiophene rings is 1. The predicted octanol–water partition coefficient (Wildman–Crippen LogP) is 4.11. The van der Waals surface area contributed by atoms with Gasteiger partial charge >= 0.3 is 0 Å². The van der Waals surface area contributed by atoms with Gasteiger partial charge in [0.05, 0.1) is 0 Å². The molecule has 1 aliphatic heterocycles. The normalized spacial score (nSPS) is 21.0. The third-order valence-electron chi connectivity index (χ3n) is 4.28. The number of nitrogens with zero attached hydrogens (tertiary/aromatic N) is 1. The second-order valence-electron chi connectivity index (χ2n) is 7.49. The lowest BCUT2D eigenvalue weighted by atomic mass is 9.80. The fourth-order valence-corrected chi connectivity index (χ4v) is 3.82. The molecule has 0 amide bonds. The molecule has 0 radical (unpaired) electrons. The van der Waals surface area contributed by atoms with E-state index < -0.39 is 0 Å². The van der Waals surface area contributed by atoms with Crippen LogP contribution in [0.25, 0.3) is 0 Å². The standard InChI is InChI=1S/C17H30N2S/c1-13(2)18-10-15-6-7-16(20-15)12-19-9-8-14(11-19)17(3,4)5/h6-7,13-14,18H,8-12H2,1-5H3. The summed E-state index contributed by atoms with van der Waals surface area (Å²) < 4.78 is 0. The van der Waals surface area contributed by atoms with Crippen molar-refractivity contribution in [1.29, 1.82) is 0 Å². The summed E-state index contributed by atoms with van der Waals surface area (Å²) in [6.07, 6.45) is 1.36. The third-order valence-corrected chi connectivity index (χ3v) is 5.35. The quantitative estimate of drug-likeness (QED) is 0.879. The number of likely N-dealkylation sites (tertiary alicyclic amines) is 1. The van der Waals surface area contributed by atoms with Gasteiger partial charge in [0.15, 0.2) is 0 Å². The van der Waals surface area contributed by atoms with Gasteiger partial charge in [-0.1, -0.05) is 34.6 Å². The molecule has 0 bridgehead atoms. The van der Waals surface area contributed by atoms with E-state index in [1.165, 1.54) is 29.3 Å². The van der Waals surface area contributed by atoms with Crippen molar-refractivity contribution in [3.8, 4) is 0 Å². The van der Waals surface area contributed by atoms with Crippen molar-refractivity contribution in [2.75, 3.05) is 13.1 Å². The number of hydrogen-bond donors (Lipinski definition) is 1.